The van der Waals surface area contributed by atoms with Crippen LogP contribution in [0.1, 0.15) is 49.0 Å². The van der Waals surface area contributed by atoms with E-state index in [1.54, 1.807) is 18.2 Å². The Bertz CT molecular complexity index is 1040. The summed E-state index contributed by atoms with van der Waals surface area (Å²) in [5, 5.41) is 0. The Balaban J connectivity index is 1.51. The maximum absolute atomic E-state index is 13.0. The zero-order valence-electron chi connectivity index (χ0n) is 20.2. The Hall–Kier alpha value is -3.54. The third-order valence-electron chi connectivity index (χ3n) is 5.58. The molecule has 0 radical (unpaired) electrons. The third kappa shape index (κ3) is 7.24. The highest BCUT2D eigenvalue weighted by Crippen LogP contribution is 2.23. The molecule has 0 N–H and O–H groups in total. The molecule has 0 aliphatic carbocycles. The van der Waals surface area contributed by atoms with Crippen molar-refractivity contribution in [3.05, 3.63) is 78.1 Å². The fraction of sp³-hybridized carbons (Fsp3) is 0.357. The molecule has 0 fully saturated rings. The number of hydrogen-bond acceptors (Lipinski definition) is 5. The van der Waals surface area contributed by atoms with Gasteiger partial charge in [0.25, 0.3) is 5.91 Å². The van der Waals surface area contributed by atoms with E-state index < -0.39 is 0 Å². The summed E-state index contributed by atoms with van der Waals surface area (Å²) >= 11 is 0. The first-order chi connectivity index (χ1) is 16.5. The van der Waals surface area contributed by atoms with Crippen LogP contribution in [0.5, 0.6) is 5.75 Å². The molecule has 0 aliphatic rings. The van der Waals surface area contributed by atoms with Gasteiger partial charge in [-0.15, -0.1) is 0 Å². The number of benzene rings is 2. The van der Waals surface area contributed by atoms with E-state index in [-0.39, 0.29) is 17.8 Å². The number of carbonyl (C=O) groups excluding carboxylic acids is 2. The molecule has 1 atom stereocenters. The number of ether oxygens (including phenoxy) is 2. The van der Waals surface area contributed by atoms with Crippen LogP contribution >= 0.6 is 0 Å². The summed E-state index contributed by atoms with van der Waals surface area (Å²) in [4.78, 5) is 26.2. The quantitative estimate of drug-likeness (QED) is 0.245. The number of furan rings is 1. The van der Waals surface area contributed by atoms with Crippen LogP contribution in [0.3, 0.4) is 0 Å². The van der Waals surface area contributed by atoms with Crippen molar-refractivity contribution < 1.29 is 23.5 Å². The minimum Gasteiger partial charge on any atom is -0.493 e. The van der Waals surface area contributed by atoms with E-state index in [0.717, 1.165) is 35.5 Å². The molecule has 3 aromatic rings. The Labute approximate surface area is 201 Å². The first-order valence-electron chi connectivity index (χ1n) is 11.7. The van der Waals surface area contributed by atoms with Crippen LogP contribution in [0, 0.1) is 5.92 Å². The van der Waals surface area contributed by atoms with Gasteiger partial charge in [0.1, 0.15) is 11.5 Å². The minimum atomic E-state index is -0.149. The Kier molecular flexibility index (Phi) is 9.32. The summed E-state index contributed by atoms with van der Waals surface area (Å²) < 4.78 is 16.4. The fourth-order valence-electron chi connectivity index (χ4n) is 3.76. The second kappa shape index (κ2) is 12.6. The molecule has 34 heavy (non-hydrogen) atoms. The van der Waals surface area contributed by atoms with Crippen LogP contribution in [0.25, 0.3) is 11.3 Å². The molecular weight excluding hydrogens is 430 g/mol. The largest absolute Gasteiger partial charge is 0.493 e. The molecule has 1 amide bonds. The number of amides is 1. The van der Waals surface area contributed by atoms with Crippen LogP contribution in [-0.2, 0) is 16.1 Å². The fourth-order valence-corrected chi connectivity index (χ4v) is 3.76. The zero-order valence-corrected chi connectivity index (χ0v) is 20.2. The van der Waals surface area contributed by atoms with Crippen molar-refractivity contribution in [2.24, 2.45) is 5.92 Å². The van der Waals surface area contributed by atoms with Gasteiger partial charge < -0.3 is 18.8 Å². The van der Waals surface area contributed by atoms with Crippen molar-refractivity contribution in [1.82, 2.24) is 4.90 Å². The van der Waals surface area contributed by atoms with Crippen molar-refractivity contribution in [1.29, 1.82) is 0 Å². The minimum absolute atomic E-state index is 0.0615. The maximum atomic E-state index is 13.0. The van der Waals surface area contributed by atoms with Crippen LogP contribution < -0.4 is 4.74 Å². The second-order valence-corrected chi connectivity index (χ2v) is 8.43. The highest BCUT2D eigenvalue weighted by Gasteiger charge is 2.15. The molecule has 0 saturated heterocycles. The average molecular weight is 464 g/mol. The summed E-state index contributed by atoms with van der Waals surface area (Å²) in [5.41, 5.74) is 2.50. The van der Waals surface area contributed by atoms with Gasteiger partial charge in [0.2, 0.25) is 0 Å². The number of para-hydroxylation sites is 1. The van der Waals surface area contributed by atoms with Gasteiger partial charge in [0.15, 0.2) is 0 Å². The van der Waals surface area contributed by atoms with E-state index in [2.05, 4.69) is 0 Å². The first-order valence-corrected chi connectivity index (χ1v) is 11.7. The Morgan fingerprint density at radius 2 is 1.79 bits per heavy atom. The Morgan fingerprint density at radius 1 is 1.03 bits per heavy atom. The first kappa shape index (κ1) is 25.1. The smallest absolute Gasteiger partial charge is 0.306 e. The predicted octanol–water partition coefficient (Wildman–Crippen LogP) is 5.97. The number of esters is 1. The van der Waals surface area contributed by atoms with Gasteiger partial charge in [-0.1, -0.05) is 37.3 Å². The predicted molar refractivity (Wildman–Crippen MR) is 132 cm³/mol. The standard InChI is InChI=1S/C28H33NO5/c1-4-32-27(30)19-21(2)9-7-17-34-26-11-6-5-10-24(26)20-29(3)28(31)23-15-13-22(14-16-23)25-12-8-18-33-25/h5-6,8,10-16,18,21H,4,7,9,17,19-20H2,1-3H3. The lowest BCUT2D eigenvalue weighted by molar-refractivity contribution is -0.144. The Morgan fingerprint density at radius 3 is 2.50 bits per heavy atom. The van der Waals surface area contributed by atoms with Crippen molar-refractivity contribution in [3.63, 3.8) is 0 Å². The van der Waals surface area contributed by atoms with Crippen molar-refractivity contribution in [2.45, 2.75) is 39.7 Å². The van der Waals surface area contributed by atoms with Gasteiger partial charge in [-0.3, -0.25) is 9.59 Å². The van der Waals surface area contributed by atoms with Gasteiger partial charge in [-0.2, -0.15) is 0 Å². The van der Waals surface area contributed by atoms with Crippen LogP contribution in [0.15, 0.2) is 71.3 Å². The molecule has 1 heterocycles. The van der Waals surface area contributed by atoms with Crippen molar-refractivity contribution in [3.8, 4) is 17.1 Å². The number of hydrogen-bond donors (Lipinski definition) is 0. The van der Waals surface area contributed by atoms with E-state index >= 15 is 0 Å². The lowest BCUT2D eigenvalue weighted by Gasteiger charge is -2.20. The van der Waals surface area contributed by atoms with Crippen molar-refractivity contribution >= 4 is 11.9 Å². The van der Waals surface area contributed by atoms with E-state index in [1.807, 2.05) is 74.5 Å². The highest BCUT2D eigenvalue weighted by atomic mass is 16.5. The molecule has 180 valence electrons. The molecule has 1 aromatic heterocycles. The summed E-state index contributed by atoms with van der Waals surface area (Å²) in [6.45, 7) is 5.27. The van der Waals surface area contributed by atoms with E-state index in [9.17, 15) is 9.59 Å². The zero-order chi connectivity index (χ0) is 24.3. The monoisotopic (exact) mass is 463 g/mol. The third-order valence-corrected chi connectivity index (χ3v) is 5.58. The summed E-state index contributed by atoms with van der Waals surface area (Å²) in [5.74, 6) is 1.58. The average Bonchev–Trinajstić information content (AvgIpc) is 3.37. The molecule has 0 bridgehead atoms. The SMILES string of the molecule is CCOC(=O)CC(C)CCCOc1ccccc1CN(C)C(=O)c1ccc(-c2ccco2)cc1. The summed E-state index contributed by atoms with van der Waals surface area (Å²) in [6, 6.07) is 18.9. The van der Waals surface area contributed by atoms with E-state index in [0.29, 0.717) is 31.7 Å². The lowest BCUT2D eigenvalue weighted by Crippen LogP contribution is -2.26. The van der Waals surface area contributed by atoms with Crippen LogP contribution in [0.2, 0.25) is 0 Å². The van der Waals surface area contributed by atoms with Gasteiger partial charge in [-0.25, -0.2) is 0 Å². The van der Waals surface area contributed by atoms with E-state index in [1.165, 1.54) is 0 Å². The van der Waals surface area contributed by atoms with Gasteiger partial charge >= 0.3 is 5.97 Å². The highest BCUT2D eigenvalue weighted by molar-refractivity contribution is 5.94. The van der Waals surface area contributed by atoms with Crippen molar-refractivity contribution in [2.75, 3.05) is 20.3 Å². The summed E-state index contributed by atoms with van der Waals surface area (Å²) in [6.07, 6.45) is 3.78. The molecule has 6 heteroatoms. The molecular formula is C28H33NO5. The van der Waals surface area contributed by atoms with Crippen LogP contribution in [-0.4, -0.2) is 37.0 Å². The number of carbonyl (C=O) groups is 2. The topological polar surface area (TPSA) is 69.0 Å². The summed E-state index contributed by atoms with van der Waals surface area (Å²) in [7, 11) is 1.79. The number of nitrogens with zero attached hydrogens (tertiary/aromatic N) is 1. The van der Waals surface area contributed by atoms with Crippen LogP contribution in [0.4, 0.5) is 0 Å². The van der Waals surface area contributed by atoms with Gasteiger partial charge in [0, 0.05) is 36.7 Å². The molecule has 0 spiro atoms. The molecule has 0 saturated carbocycles. The molecule has 1 unspecified atom stereocenters. The molecule has 3 rings (SSSR count). The van der Waals surface area contributed by atoms with Gasteiger partial charge in [0.05, 0.1) is 19.5 Å². The maximum Gasteiger partial charge on any atom is 0.306 e. The van der Waals surface area contributed by atoms with Gasteiger partial charge in [-0.05, 0) is 56.0 Å². The second-order valence-electron chi connectivity index (χ2n) is 8.43. The molecule has 0 aliphatic heterocycles. The normalized spacial score (nSPS) is 11.6. The van der Waals surface area contributed by atoms with E-state index in [4.69, 9.17) is 13.9 Å². The molecule has 2 aromatic carbocycles. The number of rotatable bonds is 12. The lowest BCUT2D eigenvalue weighted by atomic mass is 10.0. The molecule has 6 nitrogen and oxygen atoms in total.